The summed E-state index contributed by atoms with van der Waals surface area (Å²) in [5, 5.41) is 0. The zero-order valence-electron chi connectivity index (χ0n) is 16.6. The van der Waals surface area contributed by atoms with Gasteiger partial charge in [0.25, 0.3) is 5.56 Å². The Kier molecular flexibility index (Phi) is 5.06. The zero-order valence-corrected chi connectivity index (χ0v) is 16.6. The Labute approximate surface area is 164 Å². The van der Waals surface area contributed by atoms with Gasteiger partial charge in [-0.1, -0.05) is 26.0 Å². The minimum atomic E-state index is -0.736. The highest BCUT2D eigenvalue weighted by atomic mass is 16.5. The molecule has 2 aromatic heterocycles. The Morgan fingerprint density at radius 2 is 2.11 bits per heavy atom. The van der Waals surface area contributed by atoms with Crippen molar-refractivity contribution < 1.29 is 9.53 Å². The largest absolute Gasteiger partial charge is 0.464 e. The summed E-state index contributed by atoms with van der Waals surface area (Å²) >= 11 is 0. The zero-order chi connectivity index (χ0) is 19.7. The van der Waals surface area contributed by atoms with Crippen LogP contribution in [-0.4, -0.2) is 46.5 Å². The lowest BCUT2D eigenvalue weighted by Gasteiger charge is -2.32. The number of rotatable bonds is 7. The van der Waals surface area contributed by atoms with E-state index in [1.165, 1.54) is 0 Å². The first kappa shape index (κ1) is 18.9. The molecule has 1 saturated carbocycles. The summed E-state index contributed by atoms with van der Waals surface area (Å²) in [5.41, 5.74) is 1.07. The van der Waals surface area contributed by atoms with Gasteiger partial charge in [-0.2, -0.15) is 0 Å². The fourth-order valence-corrected chi connectivity index (χ4v) is 4.15. The number of pyridine rings is 1. The number of nitrogens with zero attached hydrogens (tertiary/aromatic N) is 3. The highest BCUT2D eigenvalue weighted by molar-refractivity contribution is 5.83. The third-order valence-corrected chi connectivity index (χ3v) is 6.09. The van der Waals surface area contributed by atoms with E-state index in [-0.39, 0.29) is 17.4 Å². The first-order chi connectivity index (χ1) is 13.6. The smallest absolute Gasteiger partial charge is 0.316 e. The van der Waals surface area contributed by atoms with Crippen molar-refractivity contribution in [3.8, 4) is 0 Å². The molecule has 0 amide bonds. The van der Waals surface area contributed by atoms with Crippen molar-refractivity contribution in [1.29, 1.82) is 0 Å². The van der Waals surface area contributed by atoms with Gasteiger partial charge < -0.3 is 9.64 Å². The van der Waals surface area contributed by atoms with Crippen LogP contribution < -0.4 is 5.56 Å². The van der Waals surface area contributed by atoms with Crippen molar-refractivity contribution in [1.82, 2.24) is 14.3 Å². The summed E-state index contributed by atoms with van der Waals surface area (Å²) in [6.07, 6.45) is 7.87. The number of likely N-dealkylation sites (N-methyl/N-ethyl adjacent to an activating group) is 1. The third-order valence-electron chi connectivity index (χ3n) is 6.09. The molecule has 148 valence electrons. The number of aromatic nitrogens is 2. The van der Waals surface area contributed by atoms with Crippen LogP contribution in [0.3, 0.4) is 0 Å². The van der Waals surface area contributed by atoms with Crippen molar-refractivity contribution in [3.63, 3.8) is 0 Å². The van der Waals surface area contributed by atoms with Crippen molar-refractivity contribution in [2.45, 2.75) is 33.1 Å². The van der Waals surface area contributed by atoms with Crippen LogP contribution in [0.5, 0.6) is 0 Å². The minimum Gasteiger partial charge on any atom is -0.464 e. The maximum atomic E-state index is 13.1. The summed E-state index contributed by atoms with van der Waals surface area (Å²) in [5.74, 6) is 0.0374. The number of esters is 1. The van der Waals surface area contributed by atoms with Gasteiger partial charge in [0.1, 0.15) is 12.3 Å². The van der Waals surface area contributed by atoms with Gasteiger partial charge in [0.05, 0.1) is 11.1 Å². The average molecular weight is 381 g/mol. The average Bonchev–Trinajstić information content (AvgIpc) is 3.57. The van der Waals surface area contributed by atoms with Gasteiger partial charge in [0, 0.05) is 18.3 Å². The lowest BCUT2D eigenvalue weighted by Crippen LogP contribution is -2.41. The van der Waals surface area contributed by atoms with Gasteiger partial charge in [-0.25, -0.2) is 4.98 Å². The Morgan fingerprint density at radius 1 is 1.32 bits per heavy atom. The standard InChI is InChI=1S/C22H27N3O3/c1-3-24(4-2)13-14-28-21(27)22(16-8-9-16)11-10-18-17(15-22)20(26)25-12-6-5-7-19(25)23-18/h5-7,10-12,16H,3-4,8-9,13-15H2,1-2H3. The minimum absolute atomic E-state index is 0.0917. The van der Waals surface area contributed by atoms with Gasteiger partial charge in [-0.15, -0.1) is 0 Å². The van der Waals surface area contributed by atoms with Gasteiger partial charge in [0.15, 0.2) is 0 Å². The maximum Gasteiger partial charge on any atom is 0.316 e. The highest BCUT2D eigenvalue weighted by Gasteiger charge is 2.52. The van der Waals surface area contributed by atoms with Gasteiger partial charge >= 0.3 is 5.97 Å². The van der Waals surface area contributed by atoms with Gasteiger partial charge in [-0.05, 0) is 56.5 Å². The Bertz CT molecular complexity index is 973. The fraction of sp³-hybridized carbons (Fsp3) is 0.500. The van der Waals surface area contributed by atoms with Crippen LogP contribution in [0.25, 0.3) is 11.7 Å². The van der Waals surface area contributed by atoms with Gasteiger partial charge in [0.2, 0.25) is 0 Å². The third kappa shape index (κ3) is 3.26. The summed E-state index contributed by atoms with van der Waals surface area (Å²) < 4.78 is 7.26. The molecule has 4 rings (SSSR count). The van der Waals surface area contributed by atoms with Crippen LogP contribution in [0.4, 0.5) is 0 Å². The number of ether oxygens (including phenoxy) is 1. The van der Waals surface area contributed by atoms with E-state index >= 15 is 0 Å². The number of fused-ring (bicyclic) bond motifs is 2. The molecule has 0 bridgehead atoms. The predicted molar refractivity (Wildman–Crippen MR) is 108 cm³/mol. The number of hydrogen-bond donors (Lipinski definition) is 0. The van der Waals surface area contributed by atoms with Crippen LogP contribution >= 0.6 is 0 Å². The Morgan fingerprint density at radius 3 is 2.82 bits per heavy atom. The molecule has 0 aliphatic heterocycles. The van der Waals surface area contributed by atoms with Crippen LogP contribution in [0.1, 0.15) is 37.9 Å². The molecule has 1 unspecified atom stereocenters. The first-order valence-electron chi connectivity index (χ1n) is 10.2. The quantitative estimate of drug-likeness (QED) is 0.690. The molecule has 0 spiro atoms. The molecule has 1 fully saturated rings. The topological polar surface area (TPSA) is 63.9 Å². The maximum absolute atomic E-state index is 13.1. The molecule has 28 heavy (non-hydrogen) atoms. The summed E-state index contributed by atoms with van der Waals surface area (Å²) in [7, 11) is 0. The molecule has 0 radical (unpaired) electrons. The molecule has 1 atom stereocenters. The molecule has 0 aromatic carbocycles. The molecule has 2 aliphatic carbocycles. The van der Waals surface area contributed by atoms with Crippen LogP contribution in [0, 0.1) is 11.3 Å². The Hall–Kier alpha value is -2.47. The molecule has 6 nitrogen and oxygen atoms in total. The van der Waals surface area contributed by atoms with Crippen molar-refractivity contribution in [3.05, 3.63) is 52.1 Å². The Balaban J connectivity index is 1.61. The second-order valence-electron chi connectivity index (χ2n) is 7.70. The van der Waals surface area contributed by atoms with Crippen LogP contribution in [0.15, 0.2) is 35.3 Å². The van der Waals surface area contributed by atoms with Crippen molar-refractivity contribution in [2.24, 2.45) is 11.3 Å². The number of carbonyl (C=O) groups is 1. The van der Waals surface area contributed by atoms with Gasteiger partial charge in [-0.3, -0.25) is 14.0 Å². The lowest BCUT2D eigenvalue weighted by atomic mass is 9.73. The SMILES string of the molecule is CCN(CC)CCOC(=O)C1(C2CC2)C=Cc2nc3ccccn3c(=O)c2C1. The molecule has 2 aliphatic rings. The summed E-state index contributed by atoms with van der Waals surface area (Å²) in [4.78, 5) is 33.0. The van der Waals surface area contributed by atoms with E-state index < -0.39 is 5.41 Å². The van der Waals surface area contributed by atoms with Crippen LogP contribution in [-0.2, 0) is 16.0 Å². The number of hydrogen-bond acceptors (Lipinski definition) is 5. The monoisotopic (exact) mass is 381 g/mol. The molecule has 2 heterocycles. The predicted octanol–water partition coefficient (Wildman–Crippen LogP) is 2.55. The first-order valence-corrected chi connectivity index (χ1v) is 10.2. The number of carbonyl (C=O) groups excluding carboxylic acids is 1. The lowest BCUT2D eigenvalue weighted by molar-refractivity contribution is -0.154. The second kappa shape index (κ2) is 7.51. The summed E-state index contributed by atoms with van der Waals surface area (Å²) in [6, 6.07) is 5.50. The summed E-state index contributed by atoms with van der Waals surface area (Å²) in [6.45, 7) is 7.18. The van der Waals surface area contributed by atoms with E-state index in [2.05, 4.69) is 23.7 Å². The fourth-order valence-electron chi connectivity index (χ4n) is 4.15. The molecule has 0 N–H and O–H groups in total. The van der Waals surface area contributed by atoms with E-state index in [1.54, 1.807) is 10.6 Å². The van der Waals surface area contributed by atoms with E-state index in [4.69, 9.17) is 4.74 Å². The normalized spacial score (nSPS) is 21.1. The molecular formula is C22H27N3O3. The second-order valence-corrected chi connectivity index (χ2v) is 7.70. The molecule has 0 saturated heterocycles. The molecule has 2 aromatic rings. The van der Waals surface area contributed by atoms with E-state index in [9.17, 15) is 9.59 Å². The van der Waals surface area contributed by atoms with Crippen LogP contribution in [0.2, 0.25) is 0 Å². The van der Waals surface area contributed by atoms with Crippen molar-refractivity contribution >= 4 is 17.7 Å². The highest BCUT2D eigenvalue weighted by Crippen LogP contribution is 2.51. The molecule has 6 heteroatoms. The van der Waals surface area contributed by atoms with E-state index in [0.717, 1.165) is 32.5 Å². The van der Waals surface area contributed by atoms with E-state index in [0.29, 0.717) is 29.9 Å². The van der Waals surface area contributed by atoms with Crippen molar-refractivity contribution in [2.75, 3.05) is 26.2 Å². The molecular weight excluding hydrogens is 354 g/mol. The van der Waals surface area contributed by atoms with E-state index in [1.807, 2.05) is 30.4 Å².